The van der Waals surface area contributed by atoms with Crippen molar-refractivity contribution < 1.29 is 0 Å². The van der Waals surface area contributed by atoms with Gasteiger partial charge in [-0.15, -0.1) is 11.3 Å². The molecule has 0 spiro atoms. The molecule has 0 aromatic carbocycles. The van der Waals surface area contributed by atoms with Crippen molar-refractivity contribution in [3.63, 3.8) is 0 Å². The molecule has 0 saturated carbocycles. The maximum atomic E-state index is 4.31. The van der Waals surface area contributed by atoms with Gasteiger partial charge in [-0.3, -0.25) is 0 Å². The van der Waals surface area contributed by atoms with Gasteiger partial charge in [0.25, 0.3) is 0 Å². The third-order valence-electron chi connectivity index (χ3n) is 1.51. The third kappa shape index (κ3) is 1.25. The van der Waals surface area contributed by atoms with E-state index in [0.29, 0.717) is 0 Å². The van der Waals surface area contributed by atoms with Gasteiger partial charge in [-0.2, -0.15) is 5.10 Å². The normalized spacial score (nSPS) is 10.5. The molecule has 0 bridgehead atoms. The van der Waals surface area contributed by atoms with Gasteiger partial charge in [-0.05, 0) is 19.4 Å². The van der Waals surface area contributed by atoms with E-state index in [0.717, 1.165) is 16.4 Å². The van der Waals surface area contributed by atoms with E-state index >= 15 is 0 Å². The second-order valence-corrected chi connectivity index (χ2v) is 3.57. The molecule has 2 aromatic heterocycles. The van der Waals surface area contributed by atoms with E-state index in [9.17, 15) is 0 Å². The van der Waals surface area contributed by atoms with Gasteiger partial charge in [0.1, 0.15) is 0 Å². The van der Waals surface area contributed by atoms with E-state index in [1.165, 1.54) is 0 Å². The van der Waals surface area contributed by atoms with Gasteiger partial charge >= 0.3 is 0 Å². The summed E-state index contributed by atoms with van der Waals surface area (Å²) >= 11 is 1.61. The molecule has 2 heterocycles. The Morgan fingerprint density at radius 1 is 1.42 bits per heavy atom. The lowest BCUT2D eigenvalue weighted by Crippen LogP contribution is -1.92. The summed E-state index contributed by atoms with van der Waals surface area (Å²) in [6.07, 6.45) is 3.80. The van der Waals surface area contributed by atoms with E-state index < -0.39 is 0 Å². The molecule has 0 atom stereocenters. The second-order valence-electron chi connectivity index (χ2n) is 2.73. The van der Waals surface area contributed by atoms with Gasteiger partial charge in [0.15, 0.2) is 0 Å². The quantitative estimate of drug-likeness (QED) is 0.669. The number of hydrogen-bond donors (Lipinski definition) is 0. The van der Waals surface area contributed by atoms with Crippen molar-refractivity contribution in [3.05, 3.63) is 29.0 Å². The van der Waals surface area contributed by atoms with Crippen molar-refractivity contribution in [1.29, 1.82) is 0 Å². The largest absolute Gasteiger partial charge is 0.224 e. The van der Waals surface area contributed by atoms with Crippen molar-refractivity contribution in [2.75, 3.05) is 0 Å². The predicted molar refractivity (Wildman–Crippen MR) is 48.7 cm³/mol. The van der Waals surface area contributed by atoms with Gasteiger partial charge < -0.3 is 0 Å². The maximum absolute atomic E-state index is 4.31. The third-order valence-corrected chi connectivity index (χ3v) is 2.46. The summed E-state index contributed by atoms with van der Waals surface area (Å²) < 4.78 is 1.80. The van der Waals surface area contributed by atoms with Gasteiger partial charge in [-0.25, -0.2) is 9.67 Å². The van der Waals surface area contributed by atoms with Crippen molar-refractivity contribution in [2.45, 2.75) is 13.8 Å². The smallest absolute Gasteiger partial charge is 0.210 e. The fourth-order valence-corrected chi connectivity index (χ4v) is 1.70. The Balaban J connectivity index is 2.43. The second kappa shape index (κ2) is 2.71. The Morgan fingerprint density at radius 3 is 2.75 bits per heavy atom. The number of aromatic nitrogens is 3. The molecule has 62 valence electrons. The first kappa shape index (κ1) is 7.49. The van der Waals surface area contributed by atoms with Crippen LogP contribution in [-0.4, -0.2) is 14.8 Å². The zero-order valence-corrected chi connectivity index (χ0v) is 7.80. The Kier molecular flexibility index (Phi) is 1.69. The van der Waals surface area contributed by atoms with Crippen LogP contribution in [0.25, 0.3) is 5.13 Å². The summed E-state index contributed by atoms with van der Waals surface area (Å²) in [6, 6.07) is 0. The van der Waals surface area contributed by atoms with Crippen LogP contribution in [0.1, 0.15) is 11.3 Å². The van der Waals surface area contributed by atoms with Crippen molar-refractivity contribution >= 4 is 11.3 Å². The van der Waals surface area contributed by atoms with Crippen molar-refractivity contribution in [3.8, 4) is 5.13 Å². The molecule has 3 nitrogen and oxygen atoms in total. The molecular weight excluding hydrogens is 170 g/mol. The van der Waals surface area contributed by atoms with Crippen LogP contribution in [0.2, 0.25) is 0 Å². The van der Waals surface area contributed by atoms with Crippen molar-refractivity contribution in [1.82, 2.24) is 14.8 Å². The van der Waals surface area contributed by atoms with Crippen LogP contribution in [0.5, 0.6) is 0 Å². The fraction of sp³-hybridized carbons (Fsp3) is 0.250. The molecular formula is C8H9N3S. The van der Waals surface area contributed by atoms with E-state index in [2.05, 4.69) is 10.1 Å². The molecule has 0 N–H and O–H groups in total. The highest BCUT2D eigenvalue weighted by molar-refractivity contribution is 7.12. The molecule has 0 fully saturated rings. The summed E-state index contributed by atoms with van der Waals surface area (Å²) in [7, 11) is 0. The van der Waals surface area contributed by atoms with Crippen LogP contribution >= 0.6 is 11.3 Å². The molecule has 0 saturated heterocycles. The summed E-state index contributed by atoms with van der Waals surface area (Å²) in [4.78, 5) is 4.31. The maximum Gasteiger partial charge on any atom is 0.210 e. The molecule has 0 radical (unpaired) electrons. The lowest BCUT2D eigenvalue weighted by atomic mass is 10.4. The predicted octanol–water partition coefficient (Wildman–Crippen LogP) is 1.95. The average Bonchev–Trinajstić information content (AvgIpc) is 2.58. The molecule has 0 aliphatic carbocycles. The number of nitrogens with zero attached hydrogens (tertiary/aromatic N) is 3. The minimum absolute atomic E-state index is 0.931. The average molecular weight is 179 g/mol. The van der Waals surface area contributed by atoms with E-state index in [1.807, 2.05) is 31.6 Å². The van der Waals surface area contributed by atoms with Gasteiger partial charge in [0.2, 0.25) is 5.13 Å². The molecule has 12 heavy (non-hydrogen) atoms. The van der Waals surface area contributed by atoms with Gasteiger partial charge in [-0.1, -0.05) is 0 Å². The zero-order valence-electron chi connectivity index (χ0n) is 6.98. The highest BCUT2D eigenvalue weighted by Crippen LogP contribution is 2.13. The Hall–Kier alpha value is -1.16. The monoisotopic (exact) mass is 179 g/mol. The molecule has 0 unspecified atom stereocenters. The van der Waals surface area contributed by atoms with Crippen molar-refractivity contribution in [2.24, 2.45) is 0 Å². The molecule has 4 heteroatoms. The Bertz CT molecular complexity index is 350. The lowest BCUT2D eigenvalue weighted by molar-refractivity contribution is 0.865. The first-order chi connectivity index (χ1) is 5.75. The SMILES string of the molecule is Cc1cnn(-c2nc(C)cs2)c1. The fourth-order valence-electron chi connectivity index (χ4n) is 0.964. The van der Waals surface area contributed by atoms with E-state index in [4.69, 9.17) is 0 Å². The Labute approximate surface area is 74.7 Å². The summed E-state index contributed by atoms with van der Waals surface area (Å²) in [5, 5.41) is 7.12. The van der Waals surface area contributed by atoms with Gasteiger partial charge in [0, 0.05) is 11.6 Å². The number of aryl methyl sites for hydroxylation is 2. The molecule has 2 rings (SSSR count). The standard InChI is InChI=1S/C8H9N3S/c1-6-3-9-11(4-6)8-10-7(2)5-12-8/h3-5H,1-2H3. The van der Waals surface area contributed by atoms with Crippen LogP contribution in [0.3, 0.4) is 0 Å². The van der Waals surface area contributed by atoms with Crippen LogP contribution in [0, 0.1) is 13.8 Å². The molecule has 2 aromatic rings. The summed E-state index contributed by atoms with van der Waals surface area (Å²) in [5.41, 5.74) is 2.20. The first-order valence-electron chi connectivity index (χ1n) is 3.69. The van der Waals surface area contributed by atoms with Crippen LogP contribution in [-0.2, 0) is 0 Å². The summed E-state index contributed by atoms with van der Waals surface area (Å²) in [5.74, 6) is 0. The molecule has 0 amide bonds. The topological polar surface area (TPSA) is 30.7 Å². The highest BCUT2D eigenvalue weighted by atomic mass is 32.1. The number of hydrogen-bond acceptors (Lipinski definition) is 3. The number of thiazole rings is 1. The molecule has 0 aliphatic rings. The summed E-state index contributed by atoms with van der Waals surface area (Å²) in [6.45, 7) is 4.00. The lowest BCUT2D eigenvalue weighted by Gasteiger charge is -1.91. The Morgan fingerprint density at radius 2 is 2.25 bits per heavy atom. The van der Waals surface area contributed by atoms with E-state index in [1.54, 1.807) is 16.0 Å². The molecule has 0 aliphatic heterocycles. The highest BCUT2D eigenvalue weighted by Gasteiger charge is 2.01. The number of rotatable bonds is 1. The zero-order chi connectivity index (χ0) is 8.55. The minimum atomic E-state index is 0.931. The van der Waals surface area contributed by atoms with Gasteiger partial charge in [0.05, 0.1) is 11.9 Å². The minimum Gasteiger partial charge on any atom is -0.224 e. The van der Waals surface area contributed by atoms with Crippen LogP contribution in [0.4, 0.5) is 0 Å². The van der Waals surface area contributed by atoms with Crippen LogP contribution < -0.4 is 0 Å². The van der Waals surface area contributed by atoms with Crippen LogP contribution in [0.15, 0.2) is 17.8 Å². The van der Waals surface area contributed by atoms with E-state index in [-0.39, 0.29) is 0 Å². The first-order valence-corrected chi connectivity index (χ1v) is 4.57.